The molecule has 0 aliphatic heterocycles. The van der Waals surface area contributed by atoms with Crippen LogP contribution < -0.4 is 4.90 Å². The number of hydrogen-bond acceptors (Lipinski definition) is 2. The number of anilines is 1. The summed E-state index contributed by atoms with van der Waals surface area (Å²) in [6.45, 7) is 3.46. The maximum atomic E-state index is 11.2. The van der Waals surface area contributed by atoms with E-state index in [2.05, 4.69) is 29.2 Å². The van der Waals surface area contributed by atoms with E-state index >= 15 is 0 Å². The predicted octanol–water partition coefficient (Wildman–Crippen LogP) is 5.67. The lowest BCUT2D eigenvalue weighted by Crippen LogP contribution is -2.22. The van der Waals surface area contributed by atoms with Gasteiger partial charge in [0.05, 0.1) is 5.02 Å². The quantitative estimate of drug-likeness (QED) is 0.534. The van der Waals surface area contributed by atoms with Gasteiger partial charge in [0, 0.05) is 24.3 Å². The Morgan fingerprint density at radius 2 is 1.40 bits per heavy atom. The van der Waals surface area contributed by atoms with E-state index in [9.17, 15) is 4.79 Å². The molecule has 0 heterocycles. The van der Waals surface area contributed by atoms with Crippen molar-refractivity contribution in [2.75, 3.05) is 4.90 Å². The second kappa shape index (κ2) is 8.00. The van der Waals surface area contributed by atoms with Crippen LogP contribution in [0.15, 0.2) is 72.8 Å². The molecule has 0 amide bonds. The van der Waals surface area contributed by atoms with E-state index in [1.165, 1.54) is 11.1 Å². The summed E-state index contributed by atoms with van der Waals surface area (Å²) in [5.74, 6) is 0. The Morgan fingerprint density at radius 3 is 1.84 bits per heavy atom. The van der Waals surface area contributed by atoms with E-state index in [1.807, 2.05) is 55.5 Å². The molecule has 0 N–H and O–H groups in total. The Hall–Kier alpha value is -2.58. The number of rotatable bonds is 6. The molecule has 0 bridgehead atoms. The van der Waals surface area contributed by atoms with E-state index in [0.29, 0.717) is 10.6 Å². The van der Waals surface area contributed by atoms with Crippen LogP contribution in [0.25, 0.3) is 0 Å². The van der Waals surface area contributed by atoms with Crippen LogP contribution in [0.3, 0.4) is 0 Å². The highest BCUT2D eigenvalue weighted by Gasteiger charge is 2.13. The van der Waals surface area contributed by atoms with Crippen molar-refractivity contribution >= 4 is 23.6 Å². The summed E-state index contributed by atoms with van der Waals surface area (Å²) in [6.07, 6.45) is 0.820. The van der Waals surface area contributed by atoms with Crippen LogP contribution in [0.2, 0.25) is 5.02 Å². The number of aryl methyl sites for hydroxylation is 1. The van der Waals surface area contributed by atoms with Gasteiger partial charge in [0.25, 0.3) is 0 Å². The summed E-state index contributed by atoms with van der Waals surface area (Å²) in [7, 11) is 0. The van der Waals surface area contributed by atoms with E-state index in [-0.39, 0.29) is 0 Å². The molecule has 0 aromatic heterocycles. The van der Waals surface area contributed by atoms with Gasteiger partial charge in [0.1, 0.15) is 0 Å². The van der Waals surface area contributed by atoms with Crippen molar-refractivity contribution in [1.29, 1.82) is 0 Å². The second-order valence-electron chi connectivity index (χ2n) is 6.10. The fourth-order valence-electron chi connectivity index (χ4n) is 2.92. The number of carbonyl (C=O) groups excluding carboxylic acids is 1. The zero-order valence-corrected chi connectivity index (χ0v) is 14.9. The third-order valence-corrected chi connectivity index (χ3v) is 4.55. The molecule has 0 spiro atoms. The van der Waals surface area contributed by atoms with E-state index in [1.54, 1.807) is 0 Å². The molecule has 2 nitrogen and oxygen atoms in total. The highest BCUT2D eigenvalue weighted by molar-refractivity contribution is 6.33. The van der Waals surface area contributed by atoms with Crippen molar-refractivity contribution in [2.45, 2.75) is 20.0 Å². The fraction of sp³-hybridized carbons (Fsp3) is 0.136. The van der Waals surface area contributed by atoms with Crippen LogP contribution in [0.1, 0.15) is 27.0 Å². The van der Waals surface area contributed by atoms with E-state index in [4.69, 9.17) is 11.6 Å². The Kier molecular flexibility index (Phi) is 5.52. The summed E-state index contributed by atoms with van der Waals surface area (Å²) in [5.41, 5.74) is 4.92. The first-order chi connectivity index (χ1) is 12.2. The molecule has 0 saturated carbocycles. The standard InChI is InChI=1S/C22H20ClNO/c1-17-12-20(13-22(23)21(17)16-25)24(14-18-8-4-2-5-9-18)15-19-10-6-3-7-11-19/h2-13,16H,14-15H2,1H3. The van der Waals surface area contributed by atoms with Crippen molar-refractivity contribution < 1.29 is 4.79 Å². The van der Waals surface area contributed by atoms with Gasteiger partial charge >= 0.3 is 0 Å². The van der Waals surface area contributed by atoms with Gasteiger partial charge in [0.2, 0.25) is 0 Å². The molecule has 3 heteroatoms. The van der Waals surface area contributed by atoms with Crippen LogP contribution in [0.5, 0.6) is 0 Å². The lowest BCUT2D eigenvalue weighted by Gasteiger charge is -2.26. The van der Waals surface area contributed by atoms with E-state index in [0.717, 1.165) is 30.6 Å². The summed E-state index contributed by atoms with van der Waals surface area (Å²) in [6, 6.07) is 24.6. The smallest absolute Gasteiger partial charge is 0.151 e. The van der Waals surface area contributed by atoms with Crippen LogP contribution >= 0.6 is 11.6 Å². The number of carbonyl (C=O) groups is 1. The number of halogens is 1. The number of aldehydes is 1. The van der Waals surface area contributed by atoms with Gasteiger partial charge in [-0.2, -0.15) is 0 Å². The number of nitrogens with zero attached hydrogens (tertiary/aromatic N) is 1. The van der Waals surface area contributed by atoms with Crippen molar-refractivity contribution in [2.24, 2.45) is 0 Å². The molecule has 0 saturated heterocycles. The summed E-state index contributed by atoms with van der Waals surface area (Å²) >= 11 is 6.33. The van der Waals surface area contributed by atoms with Crippen LogP contribution in [0, 0.1) is 6.92 Å². The second-order valence-corrected chi connectivity index (χ2v) is 6.51. The normalized spacial score (nSPS) is 10.5. The third-order valence-electron chi connectivity index (χ3n) is 4.24. The Balaban J connectivity index is 1.97. The number of hydrogen-bond donors (Lipinski definition) is 0. The zero-order chi connectivity index (χ0) is 17.6. The van der Waals surface area contributed by atoms with Crippen molar-refractivity contribution in [3.63, 3.8) is 0 Å². The molecule has 25 heavy (non-hydrogen) atoms. The minimum atomic E-state index is 0.496. The van der Waals surface area contributed by atoms with Gasteiger partial charge in [-0.05, 0) is 35.7 Å². The van der Waals surface area contributed by atoms with Crippen molar-refractivity contribution in [3.8, 4) is 0 Å². The molecule has 0 aliphatic rings. The van der Waals surface area contributed by atoms with Gasteiger partial charge in [-0.3, -0.25) is 4.79 Å². The summed E-state index contributed by atoms with van der Waals surface area (Å²) in [4.78, 5) is 13.5. The minimum absolute atomic E-state index is 0.496. The summed E-state index contributed by atoms with van der Waals surface area (Å²) < 4.78 is 0. The molecule has 3 aromatic rings. The van der Waals surface area contributed by atoms with Gasteiger partial charge in [-0.25, -0.2) is 0 Å². The molecule has 3 rings (SSSR count). The lowest BCUT2D eigenvalue weighted by molar-refractivity contribution is 0.112. The lowest BCUT2D eigenvalue weighted by atomic mass is 10.1. The predicted molar refractivity (Wildman–Crippen MR) is 104 cm³/mol. The Morgan fingerprint density at radius 1 is 0.880 bits per heavy atom. The maximum Gasteiger partial charge on any atom is 0.151 e. The van der Waals surface area contributed by atoms with Crippen LogP contribution in [-0.2, 0) is 13.1 Å². The van der Waals surface area contributed by atoms with Gasteiger partial charge in [-0.1, -0.05) is 72.3 Å². The summed E-state index contributed by atoms with van der Waals surface area (Å²) in [5, 5.41) is 0.496. The van der Waals surface area contributed by atoms with Gasteiger partial charge < -0.3 is 4.90 Å². The molecule has 3 aromatic carbocycles. The molecule has 0 unspecified atom stereocenters. The highest BCUT2D eigenvalue weighted by Crippen LogP contribution is 2.28. The first-order valence-electron chi connectivity index (χ1n) is 8.25. The fourth-order valence-corrected chi connectivity index (χ4v) is 3.22. The molecule has 126 valence electrons. The van der Waals surface area contributed by atoms with Gasteiger partial charge in [-0.15, -0.1) is 0 Å². The topological polar surface area (TPSA) is 20.3 Å². The van der Waals surface area contributed by atoms with E-state index < -0.39 is 0 Å². The maximum absolute atomic E-state index is 11.2. The SMILES string of the molecule is Cc1cc(N(Cc2ccccc2)Cc2ccccc2)cc(Cl)c1C=O. The molecule has 0 radical (unpaired) electrons. The van der Waals surface area contributed by atoms with Crippen molar-refractivity contribution in [1.82, 2.24) is 0 Å². The molecule has 0 aliphatic carbocycles. The minimum Gasteiger partial charge on any atom is -0.363 e. The average molecular weight is 350 g/mol. The largest absolute Gasteiger partial charge is 0.363 e. The third kappa shape index (κ3) is 4.28. The molecular formula is C22H20ClNO. The number of benzene rings is 3. The van der Waals surface area contributed by atoms with Crippen LogP contribution in [0.4, 0.5) is 5.69 Å². The molecular weight excluding hydrogens is 330 g/mol. The highest BCUT2D eigenvalue weighted by atomic mass is 35.5. The first kappa shape index (κ1) is 17.2. The first-order valence-corrected chi connectivity index (χ1v) is 8.63. The zero-order valence-electron chi connectivity index (χ0n) is 14.2. The molecule has 0 atom stereocenters. The van der Waals surface area contributed by atoms with Crippen LogP contribution in [-0.4, -0.2) is 6.29 Å². The van der Waals surface area contributed by atoms with Crippen molar-refractivity contribution in [3.05, 3.63) is 100 Å². The molecule has 0 fully saturated rings. The van der Waals surface area contributed by atoms with Gasteiger partial charge in [0.15, 0.2) is 6.29 Å². The monoisotopic (exact) mass is 349 g/mol. The Labute approximate surface area is 153 Å². The average Bonchev–Trinajstić information content (AvgIpc) is 2.63. The Bertz CT molecular complexity index is 782.